The molecule has 2 heterocycles. The van der Waals surface area contributed by atoms with Gasteiger partial charge in [-0.25, -0.2) is 0 Å². The molecule has 0 aromatic heterocycles. The van der Waals surface area contributed by atoms with Crippen LogP contribution < -0.4 is 10.6 Å². The Labute approximate surface area is 162 Å². The molecule has 1 aromatic carbocycles. The number of nitrogens with zero attached hydrogens (tertiary/aromatic N) is 1. The van der Waals surface area contributed by atoms with E-state index < -0.39 is 5.54 Å². The van der Waals surface area contributed by atoms with Crippen LogP contribution in [0.4, 0.5) is 5.69 Å². The lowest BCUT2D eigenvalue weighted by atomic mass is 9.85. The van der Waals surface area contributed by atoms with Gasteiger partial charge in [0, 0.05) is 52.2 Å². The monoisotopic (exact) mass is 375 g/mol. The van der Waals surface area contributed by atoms with Crippen LogP contribution in [0.5, 0.6) is 0 Å². The van der Waals surface area contributed by atoms with Crippen molar-refractivity contribution < 1.29 is 14.3 Å². The van der Waals surface area contributed by atoms with Crippen LogP contribution in [0.15, 0.2) is 30.3 Å². The molecule has 2 aliphatic rings. The first-order chi connectivity index (χ1) is 13.2. The van der Waals surface area contributed by atoms with Gasteiger partial charge in [0.05, 0.1) is 6.61 Å². The minimum Gasteiger partial charge on any atom is -0.383 e. The highest BCUT2D eigenvalue weighted by molar-refractivity contribution is 5.89. The van der Waals surface area contributed by atoms with Crippen molar-refractivity contribution in [3.8, 4) is 0 Å². The van der Waals surface area contributed by atoms with E-state index in [9.17, 15) is 4.79 Å². The molecule has 3 rings (SSSR count). The van der Waals surface area contributed by atoms with Crippen molar-refractivity contribution in [2.45, 2.75) is 31.2 Å². The number of nitrogens with one attached hydrogen (secondary N) is 2. The van der Waals surface area contributed by atoms with Gasteiger partial charge >= 0.3 is 0 Å². The van der Waals surface area contributed by atoms with Gasteiger partial charge in [-0.15, -0.1) is 0 Å². The molecule has 0 unspecified atom stereocenters. The van der Waals surface area contributed by atoms with Crippen LogP contribution in [0, 0.1) is 5.92 Å². The Hall–Kier alpha value is -1.63. The predicted octanol–water partition coefficient (Wildman–Crippen LogP) is 2.12. The zero-order valence-electron chi connectivity index (χ0n) is 16.4. The molecular weight excluding hydrogens is 342 g/mol. The van der Waals surface area contributed by atoms with Gasteiger partial charge in [0.25, 0.3) is 0 Å². The molecule has 6 nitrogen and oxygen atoms in total. The molecule has 0 atom stereocenters. The van der Waals surface area contributed by atoms with Crippen molar-refractivity contribution >= 4 is 11.6 Å². The van der Waals surface area contributed by atoms with E-state index in [0.29, 0.717) is 13.2 Å². The maximum absolute atomic E-state index is 13.0. The lowest BCUT2D eigenvalue weighted by molar-refractivity contribution is -0.127. The molecule has 0 bridgehead atoms. The van der Waals surface area contributed by atoms with Gasteiger partial charge in [-0.1, -0.05) is 18.2 Å². The van der Waals surface area contributed by atoms with Crippen molar-refractivity contribution in [2.75, 3.05) is 58.4 Å². The average molecular weight is 376 g/mol. The maximum Gasteiger partial charge on any atom is 0.245 e. The van der Waals surface area contributed by atoms with Crippen LogP contribution in [0.25, 0.3) is 0 Å². The second-order valence-electron chi connectivity index (χ2n) is 7.68. The van der Waals surface area contributed by atoms with Crippen molar-refractivity contribution in [2.24, 2.45) is 5.92 Å². The summed E-state index contributed by atoms with van der Waals surface area (Å²) in [6, 6.07) is 10.0. The number of piperidine rings is 1. The van der Waals surface area contributed by atoms with E-state index in [1.54, 1.807) is 7.11 Å². The van der Waals surface area contributed by atoms with E-state index in [-0.39, 0.29) is 5.91 Å². The second-order valence-corrected chi connectivity index (χ2v) is 7.68. The number of carbonyl (C=O) groups is 1. The first-order valence-corrected chi connectivity index (χ1v) is 10.1. The zero-order chi connectivity index (χ0) is 19.0. The molecule has 2 fully saturated rings. The highest BCUT2D eigenvalue weighted by atomic mass is 16.5. The fourth-order valence-corrected chi connectivity index (χ4v) is 4.05. The number of rotatable bonds is 8. The largest absolute Gasteiger partial charge is 0.383 e. The van der Waals surface area contributed by atoms with Gasteiger partial charge < -0.3 is 25.0 Å². The molecule has 1 amide bonds. The highest BCUT2D eigenvalue weighted by Crippen LogP contribution is 2.29. The Kier molecular flexibility index (Phi) is 7.50. The molecular formula is C21H33N3O3. The first-order valence-electron chi connectivity index (χ1n) is 10.1. The summed E-state index contributed by atoms with van der Waals surface area (Å²) in [6.45, 7) is 5.85. The van der Waals surface area contributed by atoms with Crippen molar-refractivity contribution in [1.82, 2.24) is 10.2 Å². The molecule has 6 heteroatoms. The standard InChI is InChI=1S/C21H33N3O3/c1-26-16-11-22-20(25)21(23-19-5-3-2-4-6-19)9-12-24(13-10-21)17-18-7-14-27-15-8-18/h2-6,18,23H,7-17H2,1H3,(H,22,25). The number of benzene rings is 1. The van der Waals surface area contributed by atoms with Gasteiger partial charge in [0.2, 0.25) is 5.91 Å². The molecule has 2 saturated heterocycles. The SMILES string of the molecule is COCCNC(=O)C1(Nc2ccccc2)CCN(CC2CCOCC2)CC1. The Morgan fingerprint density at radius 2 is 1.93 bits per heavy atom. The third-order valence-electron chi connectivity index (χ3n) is 5.75. The molecule has 150 valence electrons. The van der Waals surface area contributed by atoms with Gasteiger partial charge in [0.1, 0.15) is 5.54 Å². The Morgan fingerprint density at radius 3 is 2.59 bits per heavy atom. The summed E-state index contributed by atoms with van der Waals surface area (Å²) in [5.74, 6) is 0.804. The Morgan fingerprint density at radius 1 is 1.22 bits per heavy atom. The smallest absolute Gasteiger partial charge is 0.245 e. The van der Waals surface area contributed by atoms with Gasteiger partial charge in [-0.05, 0) is 43.7 Å². The average Bonchev–Trinajstić information content (AvgIpc) is 2.71. The maximum atomic E-state index is 13.0. The first kappa shape index (κ1) is 20.1. The van der Waals surface area contributed by atoms with E-state index in [1.807, 2.05) is 30.3 Å². The second kappa shape index (κ2) is 10.1. The number of hydrogen-bond donors (Lipinski definition) is 2. The molecule has 0 radical (unpaired) electrons. The van der Waals surface area contributed by atoms with E-state index in [1.165, 1.54) is 0 Å². The van der Waals surface area contributed by atoms with Gasteiger partial charge in [0.15, 0.2) is 0 Å². The van der Waals surface area contributed by atoms with Crippen LogP contribution in [0.1, 0.15) is 25.7 Å². The van der Waals surface area contributed by atoms with Crippen molar-refractivity contribution in [1.29, 1.82) is 0 Å². The van der Waals surface area contributed by atoms with Crippen LogP contribution in [-0.4, -0.2) is 69.5 Å². The van der Waals surface area contributed by atoms with Crippen LogP contribution >= 0.6 is 0 Å². The highest BCUT2D eigenvalue weighted by Gasteiger charge is 2.41. The molecule has 2 aliphatic heterocycles. The summed E-state index contributed by atoms with van der Waals surface area (Å²) in [5, 5.41) is 6.59. The van der Waals surface area contributed by atoms with Gasteiger partial charge in [-0.3, -0.25) is 4.79 Å². The summed E-state index contributed by atoms with van der Waals surface area (Å²) in [6.07, 6.45) is 3.93. The summed E-state index contributed by atoms with van der Waals surface area (Å²) in [4.78, 5) is 15.5. The summed E-state index contributed by atoms with van der Waals surface area (Å²) < 4.78 is 10.6. The number of methoxy groups -OCH3 is 1. The Bertz CT molecular complexity index is 567. The molecule has 0 spiro atoms. The number of carbonyl (C=O) groups excluding carboxylic acids is 1. The summed E-state index contributed by atoms with van der Waals surface area (Å²) >= 11 is 0. The lowest BCUT2D eigenvalue weighted by Crippen LogP contribution is -2.59. The Balaban J connectivity index is 1.61. The molecule has 1 aromatic rings. The van der Waals surface area contributed by atoms with Crippen molar-refractivity contribution in [3.05, 3.63) is 30.3 Å². The number of likely N-dealkylation sites (tertiary alicyclic amines) is 1. The molecule has 27 heavy (non-hydrogen) atoms. The van der Waals surface area contributed by atoms with Crippen LogP contribution in [-0.2, 0) is 14.3 Å². The van der Waals surface area contributed by atoms with Crippen LogP contribution in [0.3, 0.4) is 0 Å². The molecule has 0 saturated carbocycles. The molecule has 0 aliphatic carbocycles. The topological polar surface area (TPSA) is 62.8 Å². The minimum absolute atomic E-state index is 0.0779. The summed E-state index contributed by atoms with van der Waals surface area (Å²) in [5.41, 5.74) is 0.443. The van der Waals surface area contributed by atoms with Crippen LogP contribution in [0.2, 0.25) is 0 Å². The normalized spacial score (nSPS) is 20.9. The van der Waals surface area contributed by atoms with E-state index in [0.717, 1.165) is 70.1 Å². The van der Waals surface area contributed by atoms with E-state index in [2.05, 4.69) is 15.5 Å². The zero-order valence-corrected chi connectivity index (χ0v) is 16.4. The lowest BCUT2D eigenvalue weighted by Gasteiger charge is -2.43. The minimum atomic E-state index is -0.554. The van der Waals surface area contributed by atoms with E-state index in [4.69, 9.17) is 9.47 Å². The van der Waals surface area contributed by atoms with Gasteiger partial charge in [-0.2, -0.15) is 0 Å². The predicted molar refractivity (Wildman–Crippen MR) is 107 cm³/mol. The third kappa shape index (κ3) is 5.67. The fraction of sp³-hybridized carbons (Fsp3) is 0.667. The third-order valence-corrected chi connectivity index (χ3v) is 5.75. The number of para-hydroxylation sites is 1. The van der Waals surface area contributed by atoms with E-state index >= 15 is 0 Å². The number of ether oxygens (including phenoxy) is 2. The quantitative estimate of drug-likeness (QED) is 0.682. The number of anilines is 1. The molecule has 2 N–H and O–H groups in total. The number of hydrogen-bond acceptors (Lipinski definition) is 5. The fourth-order valence-electron chi connectivity index (χ4n) is 4.05. The summed E-state index contributed by atoms with van der Waals surface area (Å²) in [7, 11) is 1.65. The number of amides is 1. The van der Waals surface area contributed by atoms with Crippen molar-refractivity contribution in [3.63, 3.8) is 0 Å².